The smallest absolute Gasteiger partial charge is 0.410 e. The first-order valence-corrected chi connectivity index (χ1v) is 18.6. The second kappa shape index (κ2) is 21.7. The summed E-state index contributed by atoms with van der Waals surface area (Å²) in [5, 5.41) is 14.4. The summed E-state index contributed by atoms with van der Waals surface area (Å²) >= 11 is 0. The lowest BCUT2D eigenvalue weighted by Crippen LogP contribution is -2.51. The first-order chi connectivity index (χ1) is 23.2. The maximum absolute atomic E-state index is 13.2. The maximum Gasteiger partial charge on any atom is 0.410 e. The molecule has 0 spiro atoms. The quantitative estimate of drug-likeness (QED) is 0.154. The number of amides is 4. The molecule has 1 atom stereocenters. The summed E-state index contributed by atoms with van der Waals surface area (Å²) in [4.78, 5) is 53.5. The summed E-state index contributed by atoms with van der Waals surface area (Å²) in [6.07, 6.45) is 14.0. The summed E-state index contributed by atoms with van der Waals surface area (Å²) in [5.74, 6) is 0.126. The van der Waals surface area contributed by atoms with Gasteiger partial charge in [-0.05, 0) is 80.1 Å². The summed E-state index contributed by atoms with van der Waals surface area (Å²) in [6, 6.07) is -0.437. The van der Waals surface area contributed by atoms with Crippen LogP contribution in [0.1, 0.15) is 144 Å². The lowest BCUT2D eigenvalue weighted by atomic mass is 10.1. The summed E-state index contributed by atoms with van der Waals surface area (Å²) < 4.78 is 12.4. The SMILES string of the molecule is CCCc1cn([C@@H](CCCCNC(=O)OC(C)(C)C)C(=O)NCCCCCCCCCCC(=O)N2CCN(C(=O)OC(C)(C)C)CC2)nn1. The highest BCUT2D eigenvalue weighted by Gasteiger charge is 2.27. The number of hydrogen-bond acceptors (Lipinski definition) is 8. The van der Waals surface area contributed by atoms with Gasteiger partial charge in [0.25, 0.3) is 0 Å². The molecule has 2 rings (SSSR count). The van der Waals surface area contributed by atoms with Crippen LogP contribution in [0.5, 0.6) is 0 Å². The van der Waals surface area contributed by atoms with Crippen molar-refractivity contribution in [3.63, 3.8) is 0 Å². The van der Waals surface area contributed by atoms with E-state index in [0.29, 0.717) is 52.1 Å². The van der Waals surface area contributed by atoms with E-state index in [-0.39, 0.29) is 17.9 Å². The zero-order chi connectivity index (χ0) is 36.3. The number of piperazine rings is 1. The molecule has 13 heteroatoms. The molecule has 1 aromatic rings. The van der Waals surface area contributed by atoms with Gasteiger partial charge in [-0.15, -0.1) is 5.10 Å². The average Bonchev–Trinajstić information content (AvgIpc) is 3.48. The van der Waals surface area contributed by atoms with Crippen molar-refractivity contribution in [2.45, 2.75) is 156 Å². The summed E-state index contributed by atoms with van der Waals surface area (Å²) in [7, 11) is 0. The number of unbranched alkanes of at least 4 members (excludes halogenated alkanes) is 8. The maximum atomic E-state index is 13.2. The van der Waals surface area contributed by atoms with E-state index in [1.165, 1.54) is 0 Å². The summed E-state index contributed by atoms with van der Waals surface area (Å²) in [6.45, 7) is 16.4. The fourth-order valence-corrected chi connectivity index (χ4v) is 5.60. The Balaban J connectivity index is 1.56. The molecule has 49 heavy (non-hydrogen) atoms. The van der Waals surface area contributed by atoms with Crippen molar-refractivity contribution in [2.75, 3.05) is 39.3 Å². The van der Waals surface area contributed by atoms with Crippen molar-refractivity contribution in [1.29, 1.82) is 0 Å². The molecular weight excluding hydrogens is 626 g/mol. The molecule has 2 heterocycles. The fraction of sp³-hybridized carbons (Fsp3) is 0.833. The van der Waals surface area contributed by atoms with Gasteiger partial charge in [0.2, 0.25) is 11.8 Å². The van der Waals surface area contributed by atoms with E-state index in [0.717, 1.165) is 82.7 Å². The monoisotopic (exact) mass is 691 g/mol. The molecule has 4 amide bonds. The summed E-state index contributed by atoms with van der Waals surface area (Å²) in [5.41, 5.74) is -0.170. The Labute approximate surface area is 294 Å². The number of nitrogens with zero attached hydrogens (tertiary/aromatic N) is 5. The standard InChI is InChI=1S/C36H65N7O6/c1-8-19-29-28-43(40-39-29)30(20-16-18-23-38-33(46)48-35(2,3)4)32(45)37-22-17-14-12-10-9-11-13-15-21-31(44)41-24-26-42(27-25-41)34(47)49-36(5,6)7/h28,30H,8-27H2,1-7H3,(H,37,45)(H,38,46)/t30-/m0/s1. The highest BCUT2D eigenvalue weighted by atomic mass is 16.6. The van der Waals surface area contributed by atoms with Crippen molar-refractivity contribution in [1.82, 2.24) is 35.4 Å². The third-order valence-corrected chi connectivity index (χ3v) is 8.16. The molecule has 0 unspecified atom stereocenters. The Hall–Kier alpha value is -3.38. The van der Waals surface area contributed by atoms with E-state index in [1.54, 1.807) is 9.58 Å². The molecule has 0 aromatic carbocycles. The van der Waals surface area contributed by atoms with Crippen LogP contribution in [0.15, 0.2) is 6.20 Å². The molecule has 0 bridgehead atoms. The zero-order valence-corrected chi connectivity index (χ0v) is 31.5. The van der Waals surface area contributed by atoms with Crippen molar-refractivity contribution in [2.24, 2.45) is 0 Å². The van der Waals surface area contributed by atoms with Crippen LogP contribution in [0.25, 0.3) is 0 Å². The molecule has 1 aliphatic heterocycles. The number of ether oxygens (including phenoxy) is 2. The normalized spacial score (nSPS) is 14.3. The van der Waals surface area contributed by atoms with E-state index in [9.17, 15) is 19.2 Å². The molecule has 1 fully saturated rings. The largest absolute Gasteiger partial charge is 0.444 e. The highest BCUT2D eigenvalue weighted by Crippen LogP contribution is 2.17. The second-order valence-electron chi connectivity index (χ2n) is 15.1. The lowest BCUT2D eigenvalue weighted by Gasteiger charge is -2.35. The van der Waals surface area contributed by atoms with Gasteiger partial charge in [-0.2, -0.15) is 0 Å². The van der Waals surface area contributed by atoms with Crippen LogP contribution in [0.4, 0.5) is 9.59 Å². The minimum Gasteiger partial charge on any atom is -0.444 e. The number of aromatic nitrogens is 3. The van der Waals surface area contributed by atoms with E-state index < -0.39 is 23.3 Å². The van der Waals surface area contributed by atoms with Crippen LogP contribution < -0.4 is 10.6 Å². The van der Waals surface area contributed by atoms with Gasteiger partial charge in [-0.1, -0.05) is 57.1 Å². The van der Waals surface area contributed by atoms with Crippen molar-refractivity contribution < 1.29 is 28.7 Å². The molecule has 1 aromatic heterocycles. The predicted octanol–water partition coefficient (Wildman–Crippen LogP) is 6.17. The van der Waals surface area contributed by atoms with Gasteiger partial charge in [0.15, 0.2) is 0 Å². The first kappa shape index (κ1) is 41.8. The Morgan fingerprint density at radius 2 is 1.31 bits per heavy atom. The molecule has 1 saturated heterocycles. The minimum absolute atomic E-state index is 0.0486. The molecule has 0 radical (unpaired) electrons. The van der Waals surface area contributed by atoms with Crippen LogP contribution in [-0.2, 0) is 25.5 Å². The number of nitrogens with one attached hydrogen (secondary N) is 2. The molecule has 1 aliphatic rings. The number of hydrogen-bond donors (Lipinski definition) is 2. The Morgan fingerprint density at radius 3 is 1.92 bits per heavy atom. The van der Waals surface area contributed by atoms with Gasteiger partial charge in [-0.3, -0.25) is 9.59 Å². The van der Waals surface area contributed by atoms with Crippen LogP contribution >= 0.6 is 0 Å². The van der Waals surface area contributed by atoms with Gasteiger partial charge in [-0.25, -0.2) is 14.3 Å². The third kappa shape index (κ3) is 18.3. The number of aryl methyl sites for hydroxylation is 1. The van der Waals surface area contributed by atoms with E-state index >= 15 is 0 Å². The van der Waals surface area contributed by atoms with Crippen LogP contribution in [-0.4, -0.2) is 99.3 Å². The van der Waals surface area contributed by atoms with E-state index in [2.05, 4.69) is 27.9 Å². The number of alkyl carbamates (subject to hydrolysis) is 1. The van der Waals surface area contributed by atoms with Crippen molar-refractivity contribution in [3.8, 4) is 0 Å². The topological polar surface area (TPSA) is 148 Å². The fourth-order valence-electron chi connectivity index (χ4n) is 5.60. The van der Waals surface area contributed by atoms with Gasteiger partial charge >= 0.3 is 12.2 Å². The van der Waals surface area contributed by atoms with Crippen molar-refractivity contribution >= 4 is 24.0 Å². The van der Waals surface area contributed by atoms with E-state index in [1.807, 2.05) is 52.6 Å². The third-order valence-electron chi connectivity index (χ3n) is 8.16. The number of carbonyl (C=O) groups is 4. The highest BCUT2D eigenvalue weighted by molar-refractivity contribution is 5.80. The van der Waals surface area contributed by atoms with Crippen LogP contribution in [0, 0.1) is 0 Å². The van der Waals surface area contributed by atoms with Crippen LogP contribution in [0.2, 0.25) is 0 Å². The molecule has 0 aliphatic carbocycles. The van der Waals surface area contributed by atoms with Crippen LogP contribution in [0.3, 0.4) is 0 Å². The minimum atomic E-state index is -0.536. The number of rotatable bonds is 20. The van der Waals surface area contributed by atoms with E-state index in [4.69, 9.17) is 9.47 Å². The van der Waals surface area contributed by atoms with Gasteiger partial charge in [0, 0.05) is 51.9 Å². The lowest BCUT2D eigenvalue weighted by molar-refractivity contribution is -0.133. The zero-order valence-electron chi connectivity index (χ0n) is 31.5. The molecular formula is C36H65N7O6. The Bertz CT molecular complexity index is 1140. The molecule has 280 valence electrons. The molecule has 13 nitrogen and oxygen atoms in total. The van der Waals surface area contributed by atoms with Crippen molar-refractivity contribution in [3.05, 3.63) is 11.9 Å². The Morgan fingerprint density at radius 1 is 0.755 bits per heavy atom. The molecule has 2 N–H and O–H groups in total. The first-order valence-electron chi connectivity index (χ1n) is 18.6. The number of carbonyl (C=O) groups excluding carboxylic acids is 4. The second-order valence-corrected chi connectivity index (χ2v) is 15.1. The Kier molecular flexibility index (Phi) is 18.5. The van der Waals surface area contributed by atoms with Gasteiger partial charge in [0.1, 0.15) is 17.2 Å². The predicted molar refractivity (Wildman–Crippen MR) is 190 cm³/mol. The average molecular weight is 692 g/mol. The van der Waals surface area contributed by atoms with Gasteiger partial charge < -0.3 is 29.9 Å². The van der Waals surface area contributed by atoms with Gasteiger partial charge in [0.05, 0.1) is 5.69 Å². The molecule has 0 saturated carbocycles.